The lowest BCUT2D eigenvalue weighted by Gasteiger charge is -2.23. The Balaban J connectivity index is 1.60. The molecule has 1 N–H and O–H groups in total. The lowest BCUT2D eigenvalue weighted by atomic mass is 9.83. The lowest BCUT2D eigenvalue weighted by Crippen LogP contribution is -2.27. The van der Waals surface area contributed by atoms with Gasteiger partial charge in [-0.15, -0.1) is 20.4 Å². The van der Waals surface area contributed by atoms with E-state index in [4.69, 9.17) is 0 Å². The summed E-state index contributed by atoms with van der Waals surface area (Å²) in [5.41, 5.74) is 1.41. The van der Waals surface area contributed by atoms with Gasteiger partial charge in [-0.05, 0) is 29.5 Å². The molecule has 0 unspecified atom stereocenters. The number of rotatable bonds is 6. The quantitative estimate of drug-likeness (QED) is 0.639. The zero-order chi connectivity index (χ0) is 21.3. The Bertz CT molecular complexity index is 1030. The third-order valence-corrected chi connectivity index (χ3v) is 6.21. The molecule has 1 aromatic carbocycles. The van der Waals surface area contributed by atoms with Crippen molar-refractivity contribution in [2.45, 2.75) is 44.4 Å². The Hall–Kier alpha value is -2.82. The summed E-state index contributed by atoms with van der Waals surface area (Å²) in [5, 5.41) is 23.9. The number of anilines is 1. The van der Waals surface area contributed by atoms with Gasteiger partial charge < -0.3 is 0 Å². The van der Waals surface area contributed by atoms with Gasteiger partial charge in [-0.1, -0.05) is 42.5 Å². The summed E-state index contributed by atoms with van der Waals surface area (Å²) in [6, 6.07) is 7.09. The molecule has 11 heteroatoms. The maximum atomic E-state index is 13.9. The van der Waals surface area contributed by atoms with Crippen LogP contribution in [0.25, 0.3) is 11.4 Å². The SMILES string of the molecule is CCc1nnc(NC(=O)[C@H](c2ccc(-c3nnn(C)n3)cc2)[C@H]2CCC(F)(F)C2)s1. The molecule has 0 saturated heterocycles. The number of nitrogens with zero attached hydrogens (tertiary/aromatic N) is 6. The summed E-state index contributed by atoms with van der Waals surface area (Å²) in [4.78, 5) is 14.5. The van der Waals surface area contributed by atoms with Crippen LogP contribution in [0, 0.1) is 5.92 Å². The third kappa shape index (κ3) is 4.35. The second-order valence-corrected chi connectivity index (χ2v) is 8.47. The van der Waals surface area contributed by atoms with Crippen LogP contribution in [0.5, 0.6) is 0 Å². The van der Waals surface area contributed by atoms with Crippen LogP contribution in [0.1, 0.15) is 42.7 Å². The van der Waals surface area contributed by atoms with E-state index in [9.17, 15) is 13.6 Å². The van der Waals surface area contributed by atoms with Gasteiger partial charge in [0, 0.05) is 18.4 Å². The number of amides is 1. The molecule has 4 rings (SSSR count). The monoisotopic (exact) mass is 433 g/mol. The molecular weight excluding hydrogens is 412 g/mol. The highest BCUT2D eigenvalue weighted by Gasteiger charge is 2.45. The summed E-state index contributed by atoms with van der Waals surface area (Å²) in [6.45, 7) is 1.95. The van der Waals surface area contributed by atoms with Crippen LogP contribution in [0.2, 0.25) is 0 Å². The molecule has 3 aromatic rings. The third-order valence-electron chi connectivity index (χ3n) is 5.23. The molecule has 1 fully saturated rings. The van der Waals surface area contributed by atoms with Crippen molar-refractivity contribution in [2.75, 3.05) is 5.32 Å². The van der Waals surface area contributed by atoms with Gasteiger partial charge in [0.1, 0.15) is 5.01 Å². The van der Waals surface area contributed by atoms with Gasteiger partial charge >= 0.3 is 0 Å². The number of aromatic nitrogens is 6. The molecule has 1 aliphatic rings. The molecule has 2 heterocycles. The first-order valence-corrected chi connectivity index (χ1v) is 10.5. The minimum atomic E-state index is -2.75. The zero-order valence-corrected chi connectivity index (χ0v) is 17.4. The highest BCUT2D eigenvalue weighted by atomic mass is 32.1. The molecule has 30 heavy (non-hydrogen) atoms. The van der Waals surface area contributed by atoms with Crippen LogP contribution in [-0.4, -0.2) is 42.2 Å². The highest BCUT2D eigenvalue weighted by Crippen LogP contribution is 2.46. The minimum Gasteiger partial charge on any atom is -0.300 e. The van der Waals surface area contributed by atoms with E-state index in [2.05, 4.69) is 30.9 Å². The predicted octanol–water partition coefficient (Wildman–Crippen LogP) is 3.45. The van der Waals surface area contributed by atoms with Crippen molar-refractivity contribution in [1.82, 2.24) is 30.4 Å². The predicted molar refractivity (Wildman–Crippen MR) is 107 cm³/mol. The molecule has 0 spiro atoms. The van der Waals surface area contributed by atoms with E-state index in [0.29, 0.717) is 22.9 Å². The van der Waals surface area contributed by atoms with Gasteiger partial charge in [-0.25, -0.2) is 8.78 Å². The molecule has 0 bridgehead atoms. The van der Waals surface area contributed by atoms with Crippen molar-refractivity contribution < 1.29 is 13.6 Å². The van der Waals surface area contributed by atoms with Gasteiger partial charge in [-0.3, -0.25) is 10.1 Å². The van der Waals surface area contributed by atoms with Crippen molar-refractivity contribution in [3.63, 3.8) is 0 Å². The van der Waals surface area contributed by atoms with Crippen LogP contribution in [0.4, 0.5) is 13.9 Å². The number of nitrogens with one attached hydrogen (secondary N) is 1. The molecule has 2 atom stereocenters. The number of hydrogen-bond acceptors (Lipinski definition) is 7. The molecule has 1 saturated carbocycles. The van der Waals surface area contributed by atoms with Crippen LogP contribution < -0.4 is 5.32 Å². The first-order valence-electron chi connectivity index (χ1n) is 9.70. The Morgan fingerprint density at radius 3 is 2.63 bits per heavy atom. The molecule has 8 nitrogen and oxygen atoms in total. The number of benzene rings is 1. The lowest BCUT2D eigenvalue weighted by molar-refractivity contribution is -0.118. The molecule has 2 aromatic heterocycles. The van der Waals surface area contributed by atoms with Crippen LogP contribution in [0.15, 0.2) is 24.3 Å². The van der Waals surface area contributed by atoms with Crippen molar-refractivity contribution in [3.05, 3.63) is 34.8 Å². The minimum absolute atomic E-state index is 0.207. The van der Waals surface area contributed by atoms with Crippen molar-refractivity contribution in [2.24, 2.45) is 13.0 Å². The molecule has 1 amide bonds. The molecule has 0 aliphatic heterocycles. The van der Waals surface area contributed by atoms with Crippen molar-refractivity contribution in [1.29, 1.82) is 0 Å². The number of tetrazole rings is 1. The standard InChI is InChI=1S/C19H21F2N7OS/c1-3-14-23-25-18(30-14)22-17(29)15(13-8-9-19(20,21)10-13)11-4-6-12(7-5-11)16-24-27-28(2)26-16/h4-7,13,15H,3,8-10H2,1-2H3,(H,22,25,29)/t13-,15+/m0/s1. The second kappa shape index (κ2) is 8.13. The first kappa shape index (κ1) is 20.5. The number of halogens is 2. The molecule has 0 radical (unpaired) electrons. The Morgan fingerprint density at radius 2 is 2.07 bits per heavy atom. The maximum Gasteiger partial charge on any atom is 0.248 e. The van der Waals surface area contributed by atoms with E-state index in [1.54, 1.807) is 31.3 Å². The van der Waals surface area contributed by atoms with Gasteiger partial charge in [0.25, 0.3) is 0 Å². The molecular formula is C19H21F2N7OS. The number of alkyl halides is 2. The molecule has 1 aliphatic carbocycles. The Kier molecular flexibility index (Phi) is 5.54. The van der Waals surface area contributed by atoms with Crippen LogP contribution >= 0.6 is 11.3 Å². The van der Waals surface area contributed by atoms with Gasteiger partial charge in [0.15, 0.2) is 0 Å². The van der Waals surface area contributed by atoms with E-state index < -0.39 is 17.8 Å². The summed E-state index contributed by atoms with van der Waals surface area (Å²) < 4.78 is 27.8. The normalized spacial score (nSPS) is 19.0. The van der Waals surface area contributed by atoms with E-state index >= 15 is 0 Å². The summed E-state index contributed by atoms with van der Waals surface area (Å²) in [6.07, 6.45) is 0.481. The molecule has 158 valence electrons. The average molecular weight is 433 g/mol. The Morgan fingerprint density at radius 1 is 1.30 bits per heavy atom. The number of hydrogen-bond donors (Lipinski definition) is 1. The first-order chi connectivity index (χ1) is 14.3. The van der Waals surface area contributed by atoms with Crippen LogP contribution in [-0.2, 0) is 18.3 Å². The van der Waals surface area contributed by atoms with Crippen LogP contribution in [0.3, 0.4) is 0 Å². The summed E-state index contributed by atoms with van der Waals surface area (Å²) in [5.74, 6) is -3.80. The average Bonchev–Trinajstić information content (AvgIpc) is 3.43. The fourth-order valence-electron chi connectivity index (χ4n) is 3.78. The van der Waals surface area contributed by atoms with Gasteiger partial charge in [0.05, 0.1) is 13.0 Å². The van der Waals surface area contributed by atoms with E-state index in [1.165, 1.54) is 16.1 Å². The summed E-state index contributed by atoms with van der Waals surface area (Å²) in [7, 11) is 1.67. The topological polar surface area (TPSA) is 98.5 Å². The fourth-order valence-corrected chi connectivity index (χ4v) is 4.46. The Labute approximate surface area is 175 Å². The second-order valence-electron chi connectivity index (χ2n) is 7.40. The van der Waals surface area contributed by atoms with E-state index in [0.717, 1.165) is 10.6 Å². The smallest absolute Gasteiger partial charge is 0.248 e. The van der Waals surface area contributed by atoms with Crippen molar-refractivity contribution >= 4 is 22.4 Å². The number of carbonyl (C=O) groups is 1. The van der Waals surface area contributed by atoms with E-state index in [-0.39, 0.29) is 25.2 Å². The zero-order valence-electron chi connectivity index (χ0n) is 16.5. The number of aryl methyl sites for hydroxylation is 2. The number of carbonyl (C=O) groups excluding carboxylic acids is 1. The maximum absolute atomic E-state index is 13.9. The van der Waals surface area contributed by atoms with Gasteiger partial charge in [0.2, 0.25) is 22.8 Å². The summed E-state index contributed by atoms with van der Waals surface area (Å²) >= 11 is 1.29. The largest absolute Gasteiger partial charge is 0.300 e. The fraction of sp³-hybridized carbons (Fsp3) is 0.474. The van der Waals surface area contributed by atoms with Crippen molar-refractivity contribution in [3.8, 4) is 11.4 Å². The highest BCUT2D eigenvalue weighted by molar-refractivity contribution is 7.15. The van der Waals surface area contributed by atoms with Gasteiger partial charge in [-0.2, -0.15) is 4.80 Å². The van der Waals surface area contributed by atoms with E-state index in [1.807, 2.05) is 6.92 Å².